The van der Waals surface area contributed by atoms with E-state index in [4.69, 9.17) is 9.26 Å². The van der Waals surface area contributed by atoms with Gasteiger partial charge in [-0.2, -0.15) is 0 Å². The molecule has 0 spiro atoms. The summed E-state index contributed by atoms with van der Waals surface area (Å²) in [6, 6.07) is 1.79. The number of esters is 1. The van der Waals surface area contributed by atoms with Crippen LogP contribution >= 0.6 is 0 Å². The predicted octanol–water partition coefficient (Wildman–Crippen LogP) is 2.79. The second kappa shape index (κ2) is 7.96. The molecule has 0 radical (unpaired) electrons. The number of nitrogens with zero attached hydrogens (tertiary/aromatic N) is 1. The molecule has 1 aromatic heterocycles. The zero-order valence-corrected chi connectivity index (χ0v) is 13.3. The van der Waals surface area contributed by atoms with E-state index < -0.39 is 5.97 Å². The molecule has 0 bridgehead atoms. The fourth-order valence-corrected chi connectivity index (χ4v) is 2.54. The van der Waals surface area contributed by atoms with Crippen LogP contribution in [0, 0.1) is 0 Å². The van der Waals surface area contributed by atoms with Gasteiger partial charge in [0.15, 0.2) is 6.61 Å². The molecule has 1 amide bonds. The molecule has 122 valence electrons. The molecule has 0 aromatic carbocycles. The topological polar surface area (TPSA) is 81.4 Å². The van der Waals surface area contributed by atoms with Crippen LogP contribution in [0.2, 0.25) is 0 Å². The maximum Gasteiger partial charge on any atom is 0.377 e. The average molecular weight is 308 g/mol. The van der Waals surface area contributed by atoms with Crippen LogP contribution in [0.3, 0.4) is 0 Å². The Morgan fingerprint density at radius 3 is 2.82 bits per heavy atom. The molecule has 6 nitrogen and oxygen atoms in total. The quantitative estimate of drug-likeness (QED) is 0.817. The van der Waals surface area contributed by atoms with E-state index in [2.05, 4.69) is 10.5 Å². The highest BCUT2D eigenvalue weighted by Gasteiger charge is 2.20. The molecule has 1 aromatic rings. The van der Waals surface area contributed by atoms with E-state index >= 15 is 0 Å². The minimum absolute atomic E-state index is 0.0424. The highest BCUT2D eigenvalue weighted by atomic mass is 16.6. The molecular weight excluding hydrogens is 284 g/mol. The second-order valence-electron chi connectivity index (χ2n) is 5.90. The van der Waals surface area contributed by atoms with Crippen LogP contribution in [0.1, 0.15) is 74.5 Å². The maximum absolute atomic E-state index is 11.8. The smallest absolute Gasteiger partial charge is 0.377 e. The van der Waals surface area contributed by atoms with Gasteiger partial charge in [0.05, 0.1) is 5.69 Å². The third-order valence-electron chi connectivity index (χ3n) is 4.15. The number of nitrogens with one attached hydrogen (secondary N) is 1. The Labute approximate surface area is 130 Å². The summed E-state index contributed by atoms with van der Waals surface area (Å²) in [7, 11) is 0. The molecular formula is C16H24N2O4. The van der Waals surface area contributed by atoms with Gasteiger partial charge in [-0.1, -0.05) is 38.3 Å². The van der Waals surface area contributed by atoms with Gasteiger partial charge < -0.3 is 14.6 Å². The van der Waals surface area contributed by atoms with Crippen LogP contribution in [-0.2, 0) is 9.53 Å². The van der Waals surface area contributed by atoms with E-state index in [0.717, 1.165) is 37.8 Å². The van der Waals surface area contributed by atoms with Gasteiger partial charge in [0.1, 0.15) is 0 Å². The second-order valence-corrected chi connectivity index (χ2v) is 5.90. The summed E-state index contributed by atoms with van der Waals surface area (Å²) < 4.78 is 9.95. The Kier molecular flexibility index (Phi) is 5.98. The summed E-state index contributed by atoms with van der Waals surface area (Å²) in [6.45, 7) is 3.76. The molecule has 0 saturated heterocycles. The van der Waals surface area contributed by atoms with Crippen molar-refractivity contribution in [1.29, 1.82) is 0 Å². The van der Waals surface area contributed by atoms with Crippen molar-refractivity contribution in [3.63, 3.8) is 0 Å². The fraction of sp³-hybridized carbons (Fsp3) is 0.688. The molecule has 1 saturated carbocycles. The lowest BCUT2D eigenvalue weighted by Gasteiger charge is -2.22. The van der Waals surface area contributed by atoms with Gasteiger partial charge in [0.2, 0.25) is 5.76 Å². The standard InChI is InChI=1S/C16H24N2O4/c1-3-11(2)13-9-14(22-18-13)16(20)21-10-15(19)17-12-7-5-4-6-8-12/h9,11-12H,3-8,10H2,1-2H3,(H,17,19)/t11-/m1/s1. The van der Waals surface area contributed by atoms with Gasteiger partial charge in [-0.15, -0.1) is 0 Å². The van der Waals surface area contributed by atoms with Gasteiger partial charge in [-0.05, 0) is 19.3 Å². The van der Waals surface area contributed by atoms with Crippen molar-refractivity contribution in [2.75, 3.05) is 6.61 Å². The van der Waals surface area contributed by atoms with Crippen LogP contribution in [0.25, 0.3) is 0 Å². The predicted molar refractivity (Wildman–Crippen MR) is 80.5 cm³/mol. The molecule has 1 heterocycles. The lowest BCUT2D eigenvalue weighted by molar-refractivity contribution is -0.125. The lowest BCUT2D eigenvalue weighted by atomic mass is 9.95. The number of hydrogen-bond acceptors (Lipinski definition) is 5. The van der Waals surface area contributed by atoms with Crippen LogP contribution < -0.4 is 5.32 Å². The highest BCUT2D eigenvalue weighted by molar-refractivity contribution is 5.88. The van der Waals surface area contributed by atoms with Gasteiger partial charge >= 0.3 is 5.97 Å². The molecule has 0 aliphatic heterocycles. The van der Waals surface area contributed by atoms with Gasteiger partial charge in [0, 0.05) is 18.0 Å². The number of carbonyl (C=O) groups is 2. The van der Waals surface area contributed by atoms with Gasteiger partial charge in [0.25, 0.3) is 5.91 Å². The van der Waals surface area contributed by atoms with Crippen LogP contribution in [0.15, 0.2) is 10.6 Å². The Morgan fingerprint density at radius 1 is 1.41 bits per heavy atom. The summed E-state index contributed by atoms with van der Waals surface area (Å²) in [5.41, 5.74) is 0.723. The van der Waals surface area contributed by atoms with E-state index in [-0.39, 0.29) is 30.2 Å². The van der Waals surface area contributed by atoms with Crippen LogP contribution in [-0.4, -0.2) is 29.7 Å². The molecule has 1 aliphatic rings. The normalized spacial score (nSPS) is 17.0. The minimum Gasteiger partial charge on any atom is -0.450 e. The van der Waals surface area contributed by atoms with Crippen molar-refractivity contribution in [3.05, 3.63) is 17.5 Å². The maximum atomic E-state index is 11.8. The zero-order chi connectivity index (χ0) is 15.9. The van der Waals surface area contributed by atoms with Crippen molar-refractivity contribution in [2.24, 2.45) is 0 Å². The van der Waals surface area contributed by atoms with Crippen molar-refractivity contribution in [2.45, 2.75) is 64.3 Å². The Morgan fingerprint density at radius 2 is 2.14 bits per heavy atom. The first-order valence-corrected chi connectivity index (χ1v) is 8.03. The van der Waals surface area contributed by atoms with Crippen LogP contribution in [0.4, 0.5) is 0 Å². The minimum atomic E-state index is -0.652. The Balaban J connectivity index is 1.76. The highest BCUT2D eigenvalue weighted by Crippen LogP contribution is 2.19. The summed E-state index contributed by atoms with van der Waals surface area (Å²) in [4.78, 5) is 23.6. The number of aromatic nitrogens is 1. The van der Waals surface area contributed by atoms with Crippen molar-refractivity contribution in [3.8, 4) is 0 Å². The molecule has 6 heteroatoms. The van der Waals surface area contributed by atoms with E-state index in [0.29, 0.717) is 0 Å². The fourth-order valence-electron chi connectivity index (χ4n) is 2.54. The zero-order valence-electron chi connectivity index (χ0n) is 13.3. The molecule has 2 rings (SSSR count). The summed E-state index contributed by atoms with van der Waals surface area (Å²) >= 11 is 0. The number of rotatable bonds is 6. The number of ether oxygens (including phenoxy) is 1. The molecule has 1 atom stereocenters. The van der Waals surface area contributed by atoms with Gasteiger partial charge in [-0.25, -0.2) is 4.79 Å². The van der Waals surface area contributed by atoms with Crippen molar-refractivity contribution in [1.82, 2.24) is 10.5 Å². The monoisotopic (exact) mass is 308 g/mol. The summed E-state index contributed by atoms with van der Waals surface area (Å²) in [5.74, 6) is -0.650. The number of carbonyl (C=O) groups excluding carboxylic acids is 2. The Bertz CT molecular complexity index is 506. The summed E-state index contributed by atoms with van der Waals surface area (Å²) in [6.07, 6.45) is 6.42. The molecule has 1 fully saturated rings. The first kappa shape index (κ1) is 16.5. The SMILES string of the molecule is CC[C@@H](C)c1cc(C(=O)OCC(=O)NC2CCCCC2)on1. The third kappa shape index (κ3) is 4.58. The number of hydrogen-bond donors (Lipinski definition) is 1. The largest absolute Gasteiger partial charge is 0.450 e. The first-order chi connectivity index (χ1) is 10.6. The first-order valence-electron chi connectivity index (χ1n) is 8.03. The van der Waals surface area contributed by atoms with E-state index in [1.54, 1.807) is 6.07 Å². The molecule has 1 N–H and O–H groups in total. The van der Waals surface area contributed by atoms with Crippen molar-refractivity contribution < 1.29 is 18.8 Å². The van der Waals surface area contributed by atoms with Crippen LogP contribution in [0.5, 0.6) is 0 Å². The van der Waals surface area contributed by atoms with E-state index in [1.165, 1.54) is 6.42 Å². The number of amides is 1. The Hall–Kier alpha value is -1.85. The van der Waals surface area contributed by atoms with E-state index in [9.17, 15) is 9.59 Å². The molecule has 22 heavy (non-hydrogen) atoms. The van der Waals surface area contributed by atoms with Gasteiger partial charge in [-0.3, -0.25) is 4.79 Å². The average Bonchev–Trinajstić information content (AvgIpc) is 3.03. The molecule has 0 unspecified atom stereocenters. The van der Waals surface area contributed by atoms with Crippen molar-refractivity contribution >= 4 is 11.9 Å². The lowest BCUT2D eigenvalue weighted by Crippen LogP contribution is -2.38. The summed E-state index contributed by atoms with van der Waals surface area (Å²) in [5, 5.41) is 6.75. The third-order valence-corrected chi connectivity index (χ3v) is 4.15. The van der Waals surface area contributed by atoms with E-state index in [1.807, 2.05) is 13.8 Å². The molecule has 1 aliphatic carbocycles.